The Morgan fingerprint density at radius 3 is 2.81 bits per heavy atom. The molecule has 1 heterocycles. The van der Waals surface area contributed by atoms with Crippen molar-refractivity contribution >= 4 is 11.0 Å². The lowest BCUT2D eigenvalue weighted by molar-refractivity contribution is 0.384. The van der Waals surface area contributed by atoms with Crippen molar-refractivity contribution < 1.29 is 0 Å². The van der Waals surface area contributed by atoms with E-state index in [2.05, 4.69) is 16.0 Å². The number of nitriles is 1. The molecule has 4 nitrogen and oxygen atoms in total. The van der Waals surface area contributed by atoms with Crippen LogP contribution in [0, 0.1) is 11.3 Å². The van der Waals surface area contributed by atoms with Crippen molar-refractivity contribution in [2.75, 3.05) is 14.1 Å². The molecule has 4 heteroatoms. The van der Waals surface area contributed by atoms with E-state index in [4.69, 9.17) is 5.26 Å². The largest absolute Gasteiger partial charge is 0.313 e. The maximum Gasteiger partial charge on any atom is 0.125 e. The summed E-state index contributed by atoms with van der Waals surface area (Å²) in [6, 6.07) is 10.1. The van der Waals surface area contributed by atoms with Crippen molar-refractivity contribution in [2.45, 2.75) is 13.1 Å². The van der Waals surface area contributed by atoms with Crippen LogP contribution in [0.15, 0.2) is 24.3 Å². The van der Waals surface area contributed by atoms with E-state index < -0.39 is 0 Å². The lowest BCUT2D eigenvalue weighted by Crippen LogP contribution is -2.15. The van der Waals surface area contributed by atoms with Crippen LogP contribution >= 0.6 is 0 Å². The first-order valence-electron chi connectivity index (χ1n) is 5.18. The molecule has 16 heavy (non-hydrogen) atoms. The quantitative estimate of drug-likeness (QED) is 0.780. The fourth-order valence-corrected chi connectivity index (χ4v) is 1.78. The number of nitrogens with zero attached hydrogens (tertiary/aromatic N) is 4. The number of rotatable bonds is 3. The van der Waals surface area contributed by atoms with Crippen molar-refractivity contribution in [2.24, 2.45) is 0 Å². The summed E-state index contributed by atoms with van der Waals surface area (Å²) in [5.41, 5.74) is 1.98. The Balaban J connectivity index is 2.54. The Kier molecular flexibility index (Phi) is 2.88. The summed E-state index contributed by atoms with van der Waals surface area (Å²) in [5, 5.41) is 8.84. The third-order valence-corrected chi connectivity index (χ3v) is 2.42. The molecule has 0 bridgehead atoms. The molecule has 0 saturated heterocycles. The molecule has 2 aromatic rings. The lowest BCUT2D eigenvalue weighted by Gasteiger charge is -2.10. The maximum absolute atomic E-state index is 8.84. The van der Waals surface area contributed by atoms with Gasteiger partial charge in [0.25, 0.3) is 0 Å². The fraction of sp³-hybridized carbons (Fsp3) is 0.333. The third kappa shape index (κ3) is 1.90. The van der Waals surface area contributed by atoms with E-state index in [1.807, 2.05) is 42.9 Å². The van der Waals surface area contributed by atoms with Crippen LogP contribution in [0.25, 0.3) is 11.0 Å². The number of benzene rings is 1. The van der Waals surface area contributed by atoms with Crippen molar-refractivity contribution in [3.63, 3.8) is 0 Å². The molecule has 0 fully saturated rings. The molecule has 1 aromatic heterocycles. The lowest BCUT2D eigenvalue weighted by atomic mass is 10.3. The van der Waals surface area contributed by atoms with E-state index >= 15 is 0 Å². The number of hydrogen-bond donors (Lipinski definition) is 0. The van der Waals surface area contributed by atoms with Crippen LogP contribution in [-0.2, 0) is 13.1 Å². The monoisotopic (exact) mass is 214 g/mol. The highest BCUT2D eigenvalue weighted by molar-refractivity contribution is 5.75. The van der Waals surface area contributed by atoms with E-state index in [9.17, 15) is 0 Å². The van der Waals surface area contributed by atoms with Gasteiger partial charge in [-0.2, -0.15) is 5.26 Å². The summed E-state index contributed by atoms with van der Waals surface area (Å²) in [6.45, 7) is 1.10. The minimum absolute atomic E-state index is 0.351. The molecule has 0 amide bonds. The molecule has 0 radical (unpaired) electrons. The zero-order valence-corrected chi connectivity index (χ0v) is 9.51. The van der Waals surface area contributed by atoms with Gasteiger partial charge >= 0.3 is 0 Å². The van der Waals surface area contributed by atoms with Gasteiger partial charge in [0.05, 0.1) is 23.6 Å². The molecule has 2 rings (SSSR count). The van der Waals surface area contributed by atoms with Gasteiger partial charge in [-0.05, 0) is 26.2 Å². The topological polar surface area (TPSA) is 44.9 Å². The van der Waals surface area contributed by atoms with Crippen LogP contribution in [-0.4, -0.2) is 28.5 Å². The molecule has 0 aliphatic carbocycles. The van der Waals surface area contributed by atoms with Crippen LogP contribution in [0.4, 0.5) is 0 Å². The smallest absolute Gasteiger partial charge is 0.125 e. The number of aromatic nitrogens is 2. The molecule has 0 atom stereocenters. The normalized spacial score (nSPS) is 10.9. The molecule has 0 unspecified atom stereocenters. The zero-order valence-electron chi connectivity index (χ0n) is 9.51. The summed E-state index contributed by atoms with van der Waals surface area (Å²) in [4.78, 5) is 6.59. The molecule has 0 spiro atoms. The first kappa shape index (κ1) is 10.7. The Bertz CT molecular complexity index is 533. The molecule has 82 valence electrons. The van der Waals surface area contributed by atoms with Crippen molar-refractivity contribution in [1.82, 2.24) is 14.5 Å². The number of fused-ring (bicyclic) bond motifs is 1. The van der Waals surface area contributed by atoms with E-state index in [1.165, 1.54) is 0 Å². The summed E-state index contributed by atoms with van der Waals surface area (Å²) >= 11 is 0. The predicted octanol–water partition coefficient (Wildman–Crippen LogP) is 1.62. The minimum atomic E-state index is 0.351. The van der Waals surface area contributed by atoms with Crippen LogP contribution in [0.5, 0.6) is 0 Å². The second kappa shape index (κ2) is 4.33. The zero-order chi connectivity index (χ0) is 11.5. The molecular formula is C12H14N4. The number of hydrogen-bond acceptors (Lipinski definition) is 3. The number of para-hydroxylation sites is 2. The molecule has 1 aromatic carbocycles. The van der Waals surface area contributed by atoms with Gasteiger partial charge in [0.1, 0.15) is 12.4 Å². The highest BCUT2D eigenvalue weighted by atomic mass is 15.1. The summed E-state index contributed by atoms with van der Waals surface area (Å²) in [5.74, 6) is 0.938. The van der Waals surface area contributed by atoms with Crippen molar-refractivity contribution in [1.29, 1.82) is 5.26 Å². The average molecular weight is 214 g/mol. The maximum atomic E-state index is 8.84. The van der Waals surface area contributed by atoms with E-state index in [-0.39, 0.29) is 0 Å². The standard InChI is InChI=1S/C12H14N4/c1-15(2)9-12-14-10-5-3-4-6-11(10)16(12)8-7-13/h3-6H,8-9H2,1-2H3. The van der Waals surface area contributed by atoms with Gasteiger partial charge in [-0.15, -0.1) is 0 Å². The molecule has 0 saturated carbocycles. The van der Waals surface area contributed by atoms with Gasteiger partial charge in [0.15, 0.2) is 0 Å². The Morgan fingerprint density at radius 1 is 1.38 bits per heavy atom. The predicted molar refractivity (Wildman–Crippen MR) is 62.7 cm³/mol. The molecule has 0 aliphatic heterocycles. The van der Waals surface area contributed by atoms with Crippen LogP contribution < -0.4 is 0 Å². The van der Waals surface area contributed by atoms with Gasteiger partial charge in [0, 0.05) is 0 Å². The summed E-state index contributed by atoms with van der Waals surface area (Å²) < 4.78 is 1.97. The van der Waals surface area contributed by atoms with E-state index in [0.29, 0.717) is 6.54 Å². The second-order valence-electron chi connectivity index (χ2n) is 4.00. The molecular weight excluding hydrogens is 200 g/mol. The van der Waals surface area contributed by atoms with Crippen molar-refractivity contribution in [3.05, 3.63) is 30.1 Å². The van der Waals surface area contributed by atoms with Gasteiger partial charge in [-0.1, -0.05) is 12.1 Å². The second-order valence-corrected chi connectivity index (χ2v) is 4.00. The van der Waals surface area contributed by atoms with Gasteiger partial charge in [-0.25, -0.2) is 4.98 Å². The van der Waals surface area contributed by atoms with Gasteiger partial charge in [0.2, 0.25) is 0 Å². The molecule has 0 N–H and O–H groups in total. The first-order valence-corrected chi connectivity index (χ1v) is 5.18. The average Bonchev–Trinajstić information content (AvgIpc) is 2.57. The fourth-order valence-electron chi connectivity index (χ4n) is 1.78. The first-order chi connectivity index (χ1) is 7.72. The van der Waals surface area contributed by atoms with Crippen LogP contribution in [0.1, 0.15) is 5.82 Å². The van der Waals surface area contributed by atoms with Crippen molar-refractivity contribution in [3.8, 4) is 6.07 Å². The Labute approximate surface area is 94.7 Å². The Morgan fingerprint density at radius 2 is 2.12 bits per heavy atom. The van der Waals surface area contributed by atoms with Crippen LogP contribution in [0.2, 0.25) is 0 Å². The Hall–Kier alpha value is -1.86. The minimum Gasteiger partial charge on any atom is -0.313 e. The van der Waals surface area contributed by atoms with E-state index in [1.54, 1.807) is 0 Å². The van der Waals surface area contributed by atoms with E-state index in [0.717, 1.165) is 23.4 Å². The summed E-state index contributed by atoms with van der Waals surface area (Å²) in [7, 11) is 3.99. The summed E-state index contributed by atoms with van der Waals surface area (Å²) in [6.07, 6.45) is 0. The molecule has 0 aliphatic rings. The highest BCUT2D eigenvalue weighted by Crippen LogP contribution is 2.16. The van der Waals surface area contributed by atoms with Gasteiger partial charge < -0.3 is 9.47 Å². The highest BCUT2D eigenvalue weighted by Gasteiger charge is 2.10. The van der Waals surface area contributed by atoms with Gasteiger partial charge in [-0.3, -0.25) is 0 Å². The number of imidazole rings is 1. The van der Waals surface area contributed by atoms with Crippen LogP contribution in [0.3, 0.4) is 0 Å². The third-order valence-electron chi connectivity index (χ3n) is 2.42. The SMILES string of the molecule is CN(C)Cc1nc2ccccc2n1CC#N.